The molecule has 3 rings (SSSR count). The highest BCUT2D eigenvalue weighted by Crippen LogP contribution is 2.23. The van der Waals surface area contributed by atoms with E-state index in [9.17, 15) is 13.6 Å². The van der Waals surface area contributed by atoms with E-state index in [2.05, 4.69) is 5.10 Å². The van der Waals surface area contributed by atoms with Gasteiger partial charge >= 0.3 is 0 Å². The average Bonchev–Trinajstić information content (AvgIpc) is 2.92. The summed E-state index contributed by atoms with van der Waals surface area (Å²) in [5.41, 5.74) is 6.83. The van der Waals surface area contributed by atoms with Gasteiger partial charge in [-0.25, -0.2) is 13.5 Å². The predicted molar refractivity (Wildman–Crippen MR) is 82.8 cm³/mol. The van der Waals surface area contributed by atoms with Crippen LogP contribution in [0.4, 0.5) is 14.6 Å². The number of anilines is 1. The van der Waals surface area contributed by atoms with Crippen LogP contribution in [-0.2, 0) is 0 Å². The zero-order valence-corrected chi connectivity index (χ0v) is 12.4. The maximum Gasteiger partial charge on any atom is 0.198 e. The minimum atomic E-state index is -0.566. The first-order valence-electron chi connectivity index (χ1n) is 6.56. The SMILES string of the molecule is Nc1c(C(=O)c2ccc(F)cc2)cnn1-c1ccc(F)c(Cl)c1. The number of aromatic nitrogens is 2. The van der Waals surface area contributed by atoms with Gasteiger partial charge in [-0.1, -0.05) is 11.6 Å². The van der Waals surface area contributed by atoms with Crippen molar-refractivity contribution in [1.29, 1.82) is 0 Å². The molecule has 7 heteroatoms. The molecule has 0 aliphatic carbocycles. The van der Waals surface area contributed by atoms with Gasteiger partial charge in [0.15, 0.2) is 5.78 Å². The number of carbonyl (C=O) groups is 1. The van der Waals surface area contributed by atoms with E-state index >= 15 is 0 Å². The molecule has 0 atom stereocenters. The summed E-state index contributed by atoms with van der Waals surface area (Å²) < 4.78 is 27.4. The van der Waals surface area contributed by atoms with E-state index in [1.807, 2.05) is 0 Å². The Morgan fingerprint density at radius 1 is 1.13 bits per heavy atom. The van der Waals surface area contributed by atoms with E-state index in [0.717, 1.165) is 0 Å². The van der Waals surface area contributed by atoms with E-state index in [4.69, 9.17) is 17.3 Å². The molecule has 3 aromatic rings. The van der Waals surface area contributed by atoms with Crippen molar-refractivity contribution in [3.63, 3.8) is 0 Å². The molecule has 0 fully saturated rings. The van der Waals surface area contributed by atoms with Crippen molar-refractivity contribution in [2.45, 2.75) is 0 Å². The van der Waals surface area contributed by atoms with Crippen LogP contribution in [0.5, 0.6) is 0 Å². The van der Waals surface area contributed by atoms with Gasteiger partial charge in [-0.2, -0.15) is 5.10 Å². The van der Waals surface area contributed by atoms with Crippen LogP contribution in [0.15, 0.2) is 48.7 Å². The van der Waals surface area contributed by atoms with E-state index < -0.39 is 11.6 Å². The summed E-state index contributed by atoms with van der Waals surface area (Å²) in [6.07, 6.45) is 1.30. The quantitative estimate of drug-likeness (QED) is 0.745. The first-order valence-corrected chi connectivity index (χ1v) is 6.94. The van der Waals surface area contributed by atoms with E-state index in [1.54, 1.807) is 0 Å². The Kier molecular flexibility index (Phi) is 3.83. The fraction of sp³-hybridized carbons (Fsp3) is 0. The smallest absolute Gasteiger partial charge is 0.198 e. The zero-order chi connectivity index (χ0) is 16.6. The van der Waals surface area contributed by atoms with Gasteiger partial charge < -0.3 is 5.73 Å². The third kappa shape index (κ3) is 2.80. The first kappa shape index (κ1) is 15.2. The second-order valence-corrected chi connectivity index (χ2v) is 5.20. The molecule has 0 radical (unpaired) electrons. The molecular formula is C16H10ClF2N3O. The van der Waals surface area contributed by atoms with Gasteiger partial charge in [-0.05, 0) is 42.5 Å². The van der Waals surface area contributed by atoms with Crippen LogP contribution in [-0.4, -0.2) is 15.6 Å². The number of carbonyl (C=O) groups excluding carboxylic acids is 1. The molecule has 2 N–H and O–H groups in total. The number of benzene rings is 2. The lowest BCUT2D eigenvalue weighted by molar-refractivity contribution is 0.103. The number of nitrogen functional groups attached to an aromatic ring is 1. The molecule has 0 spiro atoms. The summed E-state index contributed by atoms with van der Waals surface area (Å²) in [4.78, 5) is 12.4. The normalized spacial score (nSPS) is 10.7. The Morgan fingerprint density at radius 2 is 1.83 bits per heavy atom. The van der Waals surface area contributed by atoms with E-state index in [1.165, 1.54) is 53.3 Å². The largest absolute Gasteiger partial charge is 0.383 e. The third-order valence-electron chi connectivity index (χ3n) is 3.31. The van der Waals surface area contributed by atoms with Crippen molar-refractivity contribution in [3.8, 4) is 5.69 Å². The summed E-state index contributed by atoms with van der Waals surface area (Å²) >= 11 is 5.74. The number of nitrogens with two attached hydrogens (primary N) is 1. The molecule has 1 heterocycles. The second kappa shape index (κ2) is 5.81. The lowest BCUT2D eigenvalue weighted by Crippen LogP contribution is -2.07. The number of halogens is 3. The van der Waals surface area contributed by atoms with Gasteiger partial charge in [0.1, 0.15) is 17.5 Å². The van der Waals surface area contributed by atoms with Gasteiger partial charge in [0.2, 0.25) is 0 Å². The molecule has 116 valence electrons. The standard InChI is InChI=1S/C16H10ClF2N3O/c17-13-7-11(5-6-14(13)19)22-16(20)12(8-21-22)15(23)9-1-3-10(18)4-2-9/h1-8H,20H2. The minimum absolute atomic E-state index is 0.0798. The minimum Gasteiger partial charge on any atom is -0.383 e. The lowest BCUT2D eigenvalue weighted by Gasteiger charge is -2.06. The Morgan fingerprint density at radius 3 is 2.48 bits per heavy atom. The van der Waals surface area contributed by atoms with Crippen molar-refractivity contribution < 1.29 is 13.6 Å². The zero-order valence-electron chi connectivity index (χ0n) is 11.6. The highest BCUT2D eigenvalue weighted by molar-refractivity contribution is 6.30. The van der Waals surface area contributed by atoms with Crippen molar-refractivity contribution in [3.05, 3.63) is 76.4 Å². The Labute approximate surface area is 135 Å². The summed E-state index contributed by atoms with van der Waals surface area (Å²) in [6, 6.07) is 9.08. The van der Waals surface area contributed by atoms with Crippen molar-refractivity contribution in [2.75, 3.05) is 5.73 Å². The number of hydrogen-bond donors (Lipinski definition) is 1. The fourth-order valence-electron chi connectivity index (χ4n) is 2.11. The molecule has 4 nitrogen and oxygen atoms in total. The van der Waals surface area contributed by atoms with Crippen molar-refractivity contribution in [1.82, 2.24) is 9.78 Å². The average molecular weight is 334 g/mol. The topological polar surface area (TPSA) is 60.9 Å². The monoisotopic (exact) mass is 333 g/mol. The Bertz CT molecular complexity index is 891. The van der Waals surface area contributed by atoms with Crippen LogP contribution < -0.4 is 5.73 Å². The fourth-order valence-corrected chi connectivity index (χ4v) is 2.29. The number of nitrogens with zero attached hydrogens (tertiary/aromatic N) is 2. The van der Waals surface area contributed by atoms with Gasteiger partial charge in [-0.15, -0.1) is 0 Å². The molecule has 2 aromatic carbocycles. The molecule has 1 aromatic heterocycles. The van der Waals surface area contributed by atoms with Crippen molar-refractivity contribution in [2.24, 2.45) is 0 Å². The maximum absolute atomic E-state index is 13.2. The number of hydrogen-bond acceptors (Lipinski definition) is 3. The van der Waals surface area contributed by atoms with Crippen LogP contribution in [0.1, 0.15) is 15.9 Å². The molecule has 0 amide bonds. The summed E-state index contributed by atoms with van der Waals surface area (Å²) in [7, 11) is 0. The Hall–Kier alpha value is -2.73. The van der Waals surface area contributed by atoms with E-state index in [-0.39, 0.29) is 27.8 Å². The molecule has 0 aliphatic rings. The van der Waals surface area contributed by atoms with Crippen LogP contribution in [0, 0.1) is 11.6 Å². The lowest BCUT2D eigenvalue weighted by atomic mass is 10.1. The molecule has 0 bridgehead atoms. The number of ketones is 1. The maximum atomic E-state index is 13.2. The van der Waals surface area contributed by atoms with Crippen LogP contribution in [0.3, 0.4) is 0 Å². The molecule has 23 heavy (non-hydrogen) atoms. The summed E-state index contributed by atoms with van der Waals surface area (Å²) in [6.45, 7) is 0. The molecular weight excluding hydrogens is 324 g/mol. The highest BCUT2D eigenvalue weighted by Gasteiger charge is 2.18. The van der Waals surface area contributed by atoms with Crippen molar-refractivity contribution >= 4 is 23.2 Å². The summed E-state index contributed by atoms with van der Waals surface area (Å²) in [5.74, 6) is -1.31. The molecule has 0 saturated heterocycles. The third-order valence-corrected chi connectivity index (χ3v) is 3.59. The molecule has 0 aliphatic heterocycles. The van der Waals surface area contributed by atoms with Crippen LogP contribution >= 0.6 is 11.6 Å². The van der Waals surface area contributed by atoms with Gasteiger partial charge in [0.25, 0.3) is 0 Å². The van der Waals surface area contributed by atoms with Gasteiger partial charge in [0.05, 0.1) is 22.5 Å². The van der Waals surface area contributed by atoms with Crippen LogP contribution in [0.25, 0.3) is 5.69 Å². The predicted octanol–water partition coefficient (Wildman–Crippen LogP) is 3.62. The molecule has 0 unspecified atom stereocenters. The first-order chi connectivity index (χ1) is 11.0. The summed E-state index contributed by atoms with van der Waals surface area (Å²) in [5, 5.41) is 3.96. The van der Waals surface area contributed by atoms with Crippen LogP contribution in [0.2, 0.25) is 5.02 Å². The Balaban J connectivity index is 2.00. The number of rotatable bonds is 3. The molecule has 0 saturated carbocycles. The van der Waals surface area contributed by atoms with E-state index in [0.29, 0.717) is 5.69 Å². The van der Waals surface area contributed by atoms with Gasteiger partial charge in [0, 0.05) is 5.56 Å². The highest BCUT2D eigenvalue weighted by atomic mass is 35.5. The van der Waals surface area contributed by atoms with Gasteiger partial charge in [-0.3, -0.25) is 4.79 Å². The second-order valence-electron chi connectivity index (χ2n) is 4.79.